The molecule has 7 nitrogen and oxygen atoms in total. The Morgan fingerprint density at radius 1 is 0.971 bits per heavy atom. The number of nitrogens with zero attached hydrogens (tertiary/aromatic N) is 2. The van der Waals surface area contributed by atoms with Crippen molar-refractivity contribution >= 4 is 34.7 Å². The molecule has 0 saturated carbocycles. The largest absolute Gasteiger partial charge is 0.507 e. The van der Waals surface area contributed by atoms with Crippen molar-refractivity contribution in [1.82, 2.24) is 4.98 Å². The van der Waals surface area contributed by atoms with Gasteiger partial charge in [-0.2, -0.15) is 0 Å². The molecule has 2 N–H and O–H groups in total. The zero-order valence-electron chi connectivity index (χ0n) is 19.3. The van der Waals surface area contributed by atoms with Gasteiger partial charge in [-0.15, -0.1) is 0 Å². The number of hydrogen-bond donors (Lipinski definition) is 2. The highest BCUT2D eigenvalue weighted by atomic mass is 16.3. The van der Waals surface area contributed by atoms with Crippen molar-refractivity contribution < 1.29 is 19.5 Å². The van der Waals surface area contributed by atoms with E-state index in [-0.39, 0.29) is 17.2 Å². The summed E-state index contributed by atoms with van der Waals surface area (Å²) in [6.07, 6.45) is 7.35. The van der Waals surface area contributed by atoms with Crippen molar-refractivity contribution in [3.8, 4) is 0 Å². The zero-order chi connectivity index (χ0) is 24.5. The lowest BCUT2D eigenvalue weighted by molar-refractivity contribution is -0.132. The maximum absolute atomic E-state index is 13.3. The van der Waals surface area contributed by atoms with E-state index in [1.165, 1.54) is 23.0 Å². The highest BCUT2D eigenvalue weighted by Crippen LogP contribution is 2.42. The maximum Gasteiger partial charge on any atom is 0.300 e. The minimum absolute atomic E-state index is 0.0443. The smallest absolute Gasteiger partial charge is 0.300 e. The number of fused-ring (bicyclic) bond motifs is 1. The average Bonchev–Trinajstić information content (AvgIpc) is 3.14. The first-order valence-corrected chi connectivity index (χ1v) is 11.6. The van der Waals surface area contributed by atoms with Gasteiger partial charge in [-0.25, -0.2) is 0 Å². The summed E-state index contributed by atoms with van der Waals surface area (Å²) in [6, 6.07) is 15.1. The molecule has 1 atom stereocenters. The fraction of sp³-hybridized carbons (Fsp3) is 0.214. The molecule has 176 valence electrons. The van der Waals surface area contributed by atoms with Gasteiger partial charge in [0.05, 0.1) is 11.6 Å². The van der Waals surface area contributed by atoms with Gasteiger partial charge in [0.1, 0.15) is 5.76 Å². The van der Waals surface area contributed by atoms with Gasteiger partial charge in [0, 0.05) is 36.3 Å². The van der Waals surface area contributed by atoms with E-state index in [4.69, 9.17) is 0 Å². The molecule has 5 rings (SSSR count). The van der Waals surface area contributed by atoms with Crippen LogP contribution in [0.15, 0.2) is 72.6 Å². The Hall–Kier alpha value is -4.26. The normalized spacial score (nSPS) is 18.9. The summed E-state index contributed by atoms with van der Waals surface area (Å²) in [5.41, 5.74) is 4.72. The number of aliphatic hydroxyl groups is 1. The molecular weight excluding hydrogens is 442 g/mol. The standard InChI is InChI=1S/C28H25N3O4/c1-17(32)30-22-8-10-23(11-9-22)31-25(19-12-14-29-15-13-19)24(27(34)28(31)35)26(33)21-7-6-18-4-2-3-5-20(18)16-21/h6-16,25,33H,2-5H2,1H3,(H,30,32)/b26-24-. The molecule has 1 aliphatic carbocycles. The lowest BCUT2D eigenvalue weighted by Crippen LogP contribution is -2.29. The number of nitrogens with one attached hydrogen (secondary N) is 1. The molecule has 1 aromatic heterocycles. The van der Waals surface area contributed by atoms with Gasteiger partial charge in [0.15, 0.2) is 0 Å². The van der Waals surface area contributed by atoms with Crippen LogP contribution in [0.2, 0.25) is 0 Å². The predicted octanol–water partition coefficient (Wildman–Crippen LogP) is 4.55. The van der Waals surface area contributed by atoms with Crippen molar-refractivity contribution in [2.75, 3.05) is 10.2 Å². The van der Waals surface area contributed by atoms with Crippen LogP contribution in [0.4, 0.5) is 11.4 Å². The van der Waals surface area contributed by atoms with Crippen LogP contribution < -0.4 is 10.2 Å². The number of ketones is 1. The average molecular weight is 468 g/mol. The van der Waals surface area contributed by atoms with Crippen LogP contribution in [-0.4, -0.2) is 27.7 Å². The van der Waals surface area contributed by atoms with E-state index in [9.17, 15) is 19.5 Å². The second-order valence-electron chi connectivity index (χ2n) is 8.87. The van der Waals surface area contributed by atoms with Gasteiger partial charge >= 0.3 is 0 Å². The first kappa shape index (κ1) is 22.5. The van der Waals surface area contributed by atoms with Crippen LogP contribution in [0, 0.1) is 0 Å². The van der Waals surface area contributed by atoms with E-state index in [1.807, 2.05) is 18.2 Å². The number of benzene rings is 2. The number of carbonyl (C=O) groups is 3. The molecule has 1 unspecified atom stereocenters. The van der Waals surface area contributed by atoms with Crippen LogP contribution in [0.5, 0.6) is 0 Å². The number of carbonyl (C=O) groups excluding carboxylic acids is 3. The third-order valence-corrected chi connectivity index (χ3v) is 6.55. The molecule has 2 heterocycles. The predicted molar refractivity (Wildman–Crippen MR) is 133 cm³/mol. The number of aryl methyl sites for hydroxylation is 2. The molecule has 1 saturated heterocycles. The summed E-state index contributed by atoms with van der Waals surface area (Å²) in [6.45, 7) is 1.41. The Morgan fingerprint density at radius 3 is 2.34 bits per heavy atom. The van der Waals surface area contributed by atoms with Crippen LogP contribution in [0.1, 0.15) is 48.1 Å². The number of aliphatic hydroxyl groups excluding tert-OH is 1. The van der Waals surface area contributed by atoms with Gasteiger partial charge in [-0.3, -0.25) is 24.3 Å². The summed E-state index contributed by atoms with van der Waals surface area (Å²) in [5, 5.41) is 14.1. The highest BCUT2D eigenvalue weighted by Gasteiger charge is 2.47. The lowest BCUT2D eigenvalue weighted by Gasteiger charge is -2.25. The fourth-order valence-corrected chi connectivity index (χ4v) is 4.90. The van der Waals surface area contributed by atoms with E-state index in [0.717, 1.165) is 25.7 Å². The molecule has 2 aliphatic rings. The quantitative estimate of drug-likeness (QED) is 0.333. The van der Waals surface area contributed by atoms with Crippen molar-refractivity contribution in [2.45, 2.75) is 38.6 Å². The molecular formula is C28H25N3O4. The molecule has 2 aromatic carbocycles. The van der Waals surface area contributed by atoms with Crippen LogP contribution >= 0.6 is 0 Å². The molecule has 0 radical (unpaired) electrons. The Labute approximate surface area is 203 Å². The molecule has 0 bridgehead atoms. The number of Topliss-reactive ketones (excluding diaryl/α,β-unsaturated/α-hetero) is 1. The maximum atomic E-state index is 13.3. The summed E-state index contributed by atoms with van der Waals surface area (Å²) in [4.78, 5) is 43.4. The fourth-order valence-electron chi connectivity index (χ4n) is 4.90. The topological polar surface area (TPSA) is 99.6 Å². The second kappa shape index (κ2) is 9.18. The van der Waals surface area contributed by atoms with Crippen molar-refractivity contribution in [2.24, 2.45) is 0 Å². The number of rotatable bonds is 4. The number of amides is 2. The SMILES string of the molecule is CC(=O)Nc1ccc(N2C(=O)C(=O)/C(=C(\O)c3ccc4c(c3)CCCC4)C2c2ccncc2)cc1. The van der Waals surface area contributed by atoms with Crippen molar-refractivity contribution in [3.05, 3.63) is 94.8 Å². The van der Waals surface area contributed by atoms with Crippen molar-refractivity contribution in [3.63, 3.8) is 0 Å². The van der Waals surface area contributed by atoms with Gasteiger partial charge in [-0.05, 0) is 84.8 Å². The Balaban J connectivity index is 1.62. The Kier molecular flexibility index (Phi) is 5.91. The first-order chi connectivity index (χ1) is 16.9. The molecule has 0 spiro atoms. The molecule has 3 aromatic rings. The first-order valence-electron chi connectivity index (χ1n) is 11.6. The molecule has 35 heavy (non-hydrogen) atoms. The molecule has 7 heteroatoms. The highest BCUT2D eigenvalue weighted by molar-refractivity contribution is 6.51. The Bertz CT molecular complexity index is 1350. The van der Waals surface area contributed by atoms with E-state index in [1.54, 1.807) is 48.8 Å². The van der Waals surface area contributed by atoms with Gasteiger partial charge in [0.25, 0.3) is 11.7 Å². The summed E-state index contributed by atoms with van der Waals surface area (Å²) in [7, 11) is 0. The lowest BCUT2D eigenvalue weighted by atomic mass is 9.89. The zero-order valence-corrected chi connectivity index (χ0v) is 19.3. The third-order valence-electron chi connectivity index (χ3n) is 6.55. The summed E-state index contributed by atoms with van der Waals surface area (Å²) in [5.74, 6) is -1.86. The molecule has 1 fully saturated rings. The van der Waals surface area contributed by atoms with E-state index >= 15 is 0 Å². The summed E-state index contributed by atoms with van der Waals surface area (Å²) < 4.78 is 0. The number of aromatic nitrogens is 1. The minimum Gasteiger partial charge on any atom is -0.507 e. The Morgan fingerprint density at radius 2 is 1.66 bits per heavy atom. The van der Waals surface area contributed by atoms with Crippen molar-refractivity contribution in [1.29, 1.82) is 0 Å². The van der Waals surface area contributed by atoms with Gasteiger partial charge < -0.3 is 10.4 Å². The van der Waals surface area contributed by atoms with Crippen LogP contribution in [0.3, 0.4) is 0 Å². The number of hydrogen-bond acceptors (Lipinski definition) is 5. The van der Waals surface area contributed by atoms with E-state index in [0.29, 0.717) is 22.5 Å². The second-order valence-corrected chi connectivity index (χ2v) is 8.87. The molecule has 2 amide bonds. The minimum atomic E-state index is -0.819. The van der Waals surface area contributed by atoms with Crippen LogP contribution in [0.25, 0.3) is 5.76 Å². The third kappa shape index (κ3) is 4.21. The molecule has 1 aliphatic heterocycles. The van der Waals surface area contributed by atoms with Gasteiger partial charge in [-0.1, -0.05) is 12.1 Å². The number of pyridine rings is 1. The van der Waals surface area contributed by atoms with Gasteiger partial charge in [0.2, 0.25) is 5.91 Å². The van der Waals surface area contributed by atoms with E-state index in [2.05, 4.69) is 10.3 Å². The monoisotopic (exact) mass is 467 g/mol. The number of anilines is 2. The van der Waals surface area contributed by atoms with Crippen LogP contribution in [-0.2, 0) is 27.2 Å². The van der Waals surface area contributed by atoms with E-state index < -0.39 is 17.7 Å². The summed E-state index contributed by atoms with van der Waals surface area (Å²) >= 11 is 0.